The van der Waals surface area contributed by atoms with Crippen molar-refractivity contribution in [3.05, 3.63) is 36.3 Å². The lowest BCUT2D eigenvalue weighted by atomic mass is 9.90. The number of pyridine rings is 2. The van der Waals surface area contributed by atoms with E-state index >= 15 is 0 Å². The number of hydrogen-bond acceptors (Lipinski definition) is 6. The summed E-state index contributed by atoms with van der Waals surface area (Å²) in [5.41, 5.74) is 8.35. The van der Waals surface area contributed by atoms with Crippen LogP contribution in [0.3, 0.4) is 0 Å². The molecule has 1 aliphatic rings. The molecule has 0 radical (unpaired) electrons. The zero-order valence-corrected chi connectivity index (χ0v) is 15.9. The van der Waals surface area contributed by atoms with Crippen LogP contribution in [0.2, 0.25) is 0 Å². The quantitative estimate of drug-likeness (QED) is 0.704. The molecule has 146 valence electrons. The van der Waals surface area contributed by atoms with Crippen molar-refractivity contribution >= 4 is 28.3 Å². The Balaban J connectivity index is 1.50. The van der Waals surface area contributed by atoms with Crippen LogP contribution in [-0.2, 0) is 7.05 Å². The van der Waals surface area contributed by atoms with E-state index < -0.39 is 0 Å². The third-order valence-electron chi connectivity index (χ3n) is 5.15. The van der Waals surface area contributed by atoms with Crippen LogP contribution >= 0.6 is 0 Å². The summed E-state index contributed by atoms with van der Waals surface area (Å²) in [4.78, 5) is 20.9. The third kappa shape index (κ3) is 3.76. The van der Waals surface area contributed by atoms with Crippen molar-refractivity contribution in [2.24, 2.45) is 13.0 Å². The molecule has 0 aliphatic heterocycles. The lowest BCUT2D eigenvalue weighted by Gasteiger charge is -2.20. The number of nitrogens with zero attached hydrogens (tertiary/aromatic N) is 4. The first kappa shape index (κ1) is 18.2. The highest BCUT2D eigenvalue weighted by molar-refractivity contribution is 6.06. The molecule has 0 saturated heterocycles. The zero-order chi connectivity index (χ0) is 19.5. The van der Waals surface area contributed by atoms with Crippen LogP contribution in [0, 0.1) is 5.92 Å². The van der Waals surface area contributed by atoms with Gasteiger partial charge in [-0.25, -0.2) is 9.97 Å². The number of rotatable bonds is 5. The average molecular weight is 380 g/mol. The second-order valence-electron chi connectivity index (χ2n) is 7.23. The van der Waals surface area contributed by atoms with Gasteiger partial charge in [-0.3, -0.25) is 9.48 Å². The van der Waals surface area contributed by atoms with Gasteiger partial charge in [-0.2, -0.15) is 0 Å². The van der Waals surface area contributed by atoms with E-state index in [9.17, 15) is 4.79 Å². The van der Waals surface area contributed by atoms with Gasteiger partial charge in [0.15, 0.2) is 11.2 Å². The number of nitrogens with one attached hydrogen (secondary N) is 1. The molecule has 28 heavy (non-hydrogen) atoms. The Hall–Kier alpha value is -3.16. The van der Waals surface area contributed by atoms with Gasteiger partial charge in [0.1, 0.15) is 0 Å². The average Bonchev–Trinajstić information content (AvgIpc) is 3.03. The van der Waals surface area contributed by atoms with Gasteiger partial charge < -0.3 is 15.8 Å². The number of ether oxygens (including phenoxy) is 1. The minimum atomic E-state index is -0.379. The molecule has 0 aromatic carbocycles. The molecular formula is C20H24N6O2. The van der Waals surface area contributed by atoms with E-state index in [1.807, 2.05) is 13.1 Å². The molecule has 3 aromatic heterocycles. The standard InChI is InChI=1S/C20H24N6O2/c1-26-16-10-14(24-19(27)17-15(21)8-5-9-22-17)11-23-18(16)20(25-26)28-12-13-6-3-2-4-7-13/h5,8-11,13H,2-4,6-7,12,21H2,1H3,(H,24,27). The Morgan fingerprint density at radius 2 is 2.14 bits per heavy atom. The van der Waals surface area contributed by atoms with Crippen LogP contribution in [-0.4, -0.2) is 32.3 Å². The van der Waals surface area contributed by atoms with Crippen LogP contribution in [0.15, 0.2) is 30.6 Å². The SMILES string of the molecule is Cn1nc(OCC2CCCCC2)c2ncc(NC(=O)c3ncccc3N)cc21. The highest BCUT2D eigenvalue weighted by Gasteiger charge is 2.18. The fourth-order valence-electron chi connectivity index (χ4n) is 3.62. The van der Waals surface area contributed by atoms with Crippen molar-refractivity contribution in [1.82, 2.24) is 19.7 Å². The van der Waals surface area contributed by atoms with Gasteiger partial charge in [-0.15, -0.1) is 5.10 Å². The molecule has 8 nitrogen and oxygen atoms in total. The predicted octanol–water partition coefficient (Wildman–Crippen LogP) is 3.16. The van der Waals surface area contributed by atoms with Crippen LogP contribution in [0.1, 0.15) is 42.6 Å². The first-order valence-corrected chi connectivity index (χ1v) is 9.59. The van der Waals surface area contributed by atoms with Crippen molar-refractivity contribution < 1.29 is 9.53 Å². The van der Waals surface area contributed by atoms with Gasteiger partial charge in [0.2, 0.25) is 0 Å². The molecule has 0 atom stereocenters. The number of carbonyl (C=O) groups is 1. The van der Waals surface area contributed by atoms with E-state index in [1.54, 1.807) is 23.0 Å². The van der Waals surface area contributed by atoms with Crippen LogP contribution in [0.4, 0.5) is 11.4 Å². The summed E-state index contributed by atoms with van der Waals surface area (Å²) in [5.74, 6) is 0.748. The number of amides is 1. The highest BCUT2D eigenvalue weighted by Crippen LogP contribution is 2.28. The van der Waals surface area contributed by atoms with E-state index in [2.05, 4.69) is 20.4 Å². The van der Waals surface area contributed by atoms with Gasteiger partial charge in [-0.1, -0.05) is 19.3 Å². The molecule has 1 fully saturated rings. The van der Waals surface area contributed by atoms with E-state index in [1.165, 1.54) is 38.3 Å². The van der Waals surface area contributed by atoms with Gasteiger partial charge >= 0.3 is 0 Å². The Bertz CT molecular complexity index is 994. The molecule has 0 bridgehead atoms. The summed E-state index contributed by atoms with van der Waals surface area (Å²) in [5, 5.41) is 7.24. The summed E-state index contributed by atoms with van der Waals surface area (Å²) in [6.07, 6.45) is 9.43. The van der Waals surface area contributed by atoms with Crippen molar-refractivity contribution in [3.63, 3.8) is 0 Å². The van der Waals surface area contributed by atoms with Gasteiger partial charge in [0, 0.05) is 13.2 Å². The minimum absolute atomic E-state index is 0.184. The van der Waals surface area contributed by atoms with Gasteiger partial charge in [-0.05, 0) is 37.0 Å². The first-order chi connectivity index (χ1) is 13.6. The number of nitrogens with two attached hydrogens (primary N) is 1. The van der Waals surface area contributed by atoms with Crippen LogP contribution < -0.4 is 15.8 Å². The smallest absolute Gasteiger partial charge is 0.276 e. The van der Waals surface area contributed by atoms with Crippen molar-refractivity contribution in [2.45, 2.75) is 32.1 Å². The van der Waals surface area contributed by atoms with E-state index in [0.29, 0.717) is 35.3 Å². The number of aromatic nitrogens is 4. The molecule has 8 heteroatoms. The topological polar surface area (TPSA) is 108 Å². The maximum absolute atomic E-state index is 12.4. The normalized spacial score (nSPS) is 14.9. The van der Waals surface area contributed by atoms with Gasteiger partial charge in [0.25, 0.3) is 11.8 Å². The molecule has 4 rings (SSSR count). The van der Waals surface area contributed by atoms with Gasteiger partial charge in [0.05, 0.1) is 29.7 Å². The van der Waals surface area contributed by atoms with E-state index in [4.69, 9.17) is 10.5 Å². The van der Waals surface area contributed by atoms with Crippen LogP contribution in [0.25, 0.3) is 11.0 Å². The molecule has 1 saturated carbocycles. The zero-order valence-electron chi connectivity index (χ0n) is 15.9. The molecule has 0 unspecified atom stereocenters. The molecule has 3 N–H and O–H groups in total. The van der Waals surface area contributed by atoms with Crippen molar-refractivity contribution in [1.29, 1.82) is 0 Å². The number of fused-ring (bicyclic) bond motifs is 1. The third-order valence-corrected chi connectivity index (χ3v) is 5.15. The number of nitrogen functional groups attached to an aromatic ring is 1. The molecule has 3 heterocycles. The maximum Gasteiger partial charge on any atom is 0.276 e. The highest BCUT2D eigenvalue weighted by atomic mass is 16.5. The summed E-state index contributed by atoms with van der Waals surface area (Å²) in [6.45, 7) is 0.672. The Morgan fingerprint density at radius 1 is 1.32 bits per heavy atom. The Morgan fingerprint density at radius 3 is 2.93 bits per heavy atom. The fraction of sp³-hybridized carbons (Fsp3) is 0.400. The lowest BCUT2D eigenvalue weighted by Crippen LogP contribution is -2.16. The number of anilines is 2. The molecule has 1 aliphatic carbocycles. The monoisotopic (exact) mass is 380 g/mol. The number of aryl methyl sites for hydroxylation is 1. The predicted molar refractivity (Wildman–Crippen MR) is 107 cm³/mol. The first-order valence-electron chi connectivity index (χ1n) is 9.59. The summed E-state index contributed by atoms with van der Waals surface area (Å²) < 4.78 is 7.69. The van der Waals surface area contributed by atoms with E-state index in [-0.39, 0.29) is 11.6 Å². The molecule has 3 aromatic rings. The second kappa shape index (κ2) is 7.84. The molecule has 1 amide bonds. The van der Waals surface area contributed by atoms with Crippen molar-refractivity contribution in [3.8, 4) is 5.88 Å². The summed E-state index contributed by atoms with van der Waals surface area (Å²) >= 11 is 0. The largest absolute Gasteiger partial charge is 0.475 e. The Kier molecular flexibility index (Phi) is 5.10. The number of carbonyl (C=O) groups excluding carboxylic acids is 1. The lowest BCUT2D eigenvalue weighted by molar-refractivity contribution is 0.102. The molecule has 0 spiro atoms. The molecular weight excluding hydrogens is 356 g/mol. The van der Waals surface area contributed by atoms with Crippen molar-refractivity contribution in [2.75, 3.05) is 17.7 Å². The summed E-state index contributed by atoms with van der Waals surface area (Å²) in [6, 6.07) is 5.14. The van der Waals surface area contributed by atoms with Crippen LogP contribution in [0.5, 0.6) is 5.88 Å². The summed E-state index contributed by atoms with van der Waals surface area (Å²) in [7, 11) is 1.83. The minimum Gasteiger partial charge on any atom is -0.475 e. The maximum atomic E-state index is 12.4. The fourth-order valence-corrected chi connectivity index (χ4v) is 3.62. The van der Waals surface area contributed by atoms with E-state index in [0.717, 1.165) is 5.52 Å². The Labute approximate surface area is 163 Å². The second-order valence-corrected chi connectivity index (χ2v) is 7.23. The number of hydrogen-bond donors (Lipinski definition) is 2.